The van der Waals surface area contributed by atoms with Crippen molar-refractivity contribution in [1.82, 2.24) is 0 Å². The molecule has 0 aromatic heterocycles. The van der Waals surface area contributed by atoms with Crippen LogP contribution in [0.5, 0.6) is 0 Å². The molecule has 0 aliphatic heterocycles. The lowest BCUT2D eigenvalue weighted by Crippen LogP contribution is -1.92. The quantitative estimate of drug-likeness (QED) is 0.495. The molecule has 36 valence electrons. The molecule has 0 spiro atoms. The van der Waals surface area contributed by atoms with E-state index < -0.39 is 19.4 Å². The van der Waals surface area contributed by atoms with Crippen LogP contribution in [-0.2, 0) is 0 Å². The Kier molecular flexibility index (Phi) is 1.20. The van der Waals surface area contributed by atoms with Gasteiger partial charge in [-0.3, -0.25) is 4.39 Å². The highest BCUT2D eigenvalue weighted by Gasteiger charge is 1.92. The second-order valence-corrected chi connectivity index (χ2v) is 0.987. The summed E-state index contributed by atoms with van der Waals surface area (Å²) < 4.78 is 32.1. The molecular weight excluding hydrogens is 79.1 g/mol. The number of alkyl halides is 1. The normalized spacial score (nSPS) is 27.5. The van der Waals surface area contributed by atoms with Gasteiger partial charge in [0.25, 0.3) is 0 Å². The third-order valence-electron chi connectivity index (χ3n) is 0.463. The van der Waals surface area contributed by atoms with Gasteiger partial charge in [-0.15, -0.1) is 0 Å². The minimum absolute atomic E-state index is 0.0637. The predicted molar refractivity (Wildman–Crippen MR) is 24.8 cm³/mol. The molecule has 6 heavy (non-hydrogen) atoms. The van der Waals surface area contributed by atoms with Crippen LogP contribution in [0.2, 0.25) is 0 Å². The van der Waals surface area contributed by atoms with E-state index in [1.807, 2.05) is 0 Å². The lowest BCUT2D eigenvalue weighted by Gasteiger charge is -1.95. The molecule has 0 fully saturated rings. The van der Waals surface area contributed by atoms with Crippen molar-refractivity contribution in [3.05, 3.63) is 13.8 Å². The highest BCUT2D eigenvalue weighted by atomic mass is 19.1. The molecule has 0 saturated carbocycles. The van der Waals surface area contributed by atoms with Crippen LogP contribution in [0, 0.1) is 19.7 Å². The average Bonchev–Trinajstić information content (AvgIpc) is 1.86. The Labute approximate surface area is 42.6 Å². The van der Waals surface area contributed by atoms with Gasteiger partial charge in [-0.1, -0.05) is 6.92 Å². The maximum absolute atomic E-state index is 11.8. The second kappa shape index (κ2) is 3.13. The van der Waals surface area contributed by atoms with Crippen LogP contribution in [-0.4, -0.2) is 6.67 Å². The van der Waals surface area contributed by atoms with E-state index in [1.54, 1.807) is 0 Å². The smallest absolute Gasteiger partial charge is 0.0922 e. The fraction of sp³-hybridized carbons (Fsp3) is 0.600. The van der Waals surface area contributed by atoms with Gasteiger partial charge in [-0.25, -0.2) is 0 Å². The highest BCUT2D eigenvalue weighted by Crippen LogP contribution is 1.97. The Bertz CT molecular complexity index is 80.3. The molecule has 0 aliphatic carbocycles. The van der Waals surface area contributed by atoms with Crippen molar-refractivity contribution in [2.45, 2.75) is 6.42 Å². The predicted octanol–water partition coefficient (Wildman–Crippen LogP) is 1.63. The maximum atomic E-state index is 11.8. The van der Waals surface area contributed by atoms with Gasteiger partial charge in [0.05, 0.1) is 6.67 Å². The molecule has 0 rings (SSSR count). The Hall–Kier alpha value is -0.0700. The Morgan fingerprint density at radius 3 is 2.83 bits per heavy atom. The van der Waals surface area contributed by atoms with E-state index >= 15 is 0 Å². The van der Waals surface area contributed by atoms with Crippen LogP contribution < -0.4 is 0 Å². The van der Waals surface area contributed by atoms with Crippen LogP contribution in [0.3, 0.4) is 0 Å². The van der Waals surface area contributed by atoms with Gasteiger partial charge in [0, 0.05) is 4.11 Å². The summed E-state index contributed by atoms with van der Waals surface area (Å²) in [5.74, 6) is -1.69. The SMILES string of the molecule is [2H][C]([2H])C([2H])(C[CH2])CF. The molecule has 1 unspecified atom stereocenters. The van der Waals surface area contributed by atoms with E-state index in [9.17, 15) is 4.39 Å². The number of halogens is 1. The van der Waals surface area contributed by atoms with Crippen LogP contribution in [0.15, 0.2) is 0 Å². The van der Waals surface area contributed by atoms with E-state index in [4.69, 9.17) is 4.11 Å². The third-order valence-corrected chi connectivity index (χ3v) is 0.463. The van der Waals surface area contributed by atoms with Gasteiger partial charge in [0.2, 0.25) is 0 Å². The molecule has 1 atom stereocenters. The maximum Gasteiger partial charge on any atom is 0.0922 e. The number of hydrogen-bond acceptors (Lipinski definition) is 0. The molecular formula is C5H9F. The largest absolute Gasteiger partial charge is 0.251 e. The first-order chi connectivity index (χ1) is 4.06. The fourth-order valence-corrected chi connectivity index (χ4v) is 0.0668. The molecule has 0 bridgehead atoms. The summed E-state index contributed by atoms with van der Waals surface area (Å²) in [4.78, 5) is 0. The molecule has 0 aromatic rings. The lowest BCUT2D eigenvalue weighted by molar-refractivity contribution is 0.410. The Balaban J connectivity index is 3.92. The summed E-state index contributed by atoms with van der Waals surface area (Å²) >= 11 is 0. The molecule has 0 aliphatic rings. The Morgan fingerprint density at radius 2 is 2.83 bits per heavy atom. The molecule has 2 radical (unpaired) electrons. The Morgan fingerprint density at radius 1 is 2.17 bits per heavy atom. The van der Waals surface area contributed by atoms with Gasteiger partial charge in [-0.2, -0.15) is 0 Å². The standard InChI is InChI=1S/C5H9F/c1-3-5(2)4-6/h5H,1-4H2/i2D2,5D. The van der Waals surface area contributed by atoms with E-state index in [0.29, 0.717) is 0 Å². The van der Waals surface area contributed by atoms with Gasteiger partial charge < -0.3 is 0 Å². The first-order valence-corrected chi connectivity index (χ1v) is 1.72. The number of rotatable bonds is 3. The topological polar surface area (TPSA) is 0 Å². The third kappa shape index (κ3) is 2.18. The zero-order chi connectivity index (χ0) is 7.49. The molecule has 0 aromatic carbocycles. The van der Waals surface area contributed by atoms with Crippen molar-refractivity contribution in [2.75, 3.05) is 6.67 Å². The van der Waals surface area contributed by atoms with Crippen molar-refractivity contribution in [2.24, 2.45) is 5.89 Å². The van der Waals surface area contributed by atoms with Crippen LogP contribution >= 0.6 is 0 Å². The summed E-state index contributed by atoms with van der Waals surface area (Å²) in [5, 5.41) is 0. The summed E-state index contributed by atoms with van der Waals surface area (Å²) in [6, 6.07) is 0. The van der Waals surface area contributed by atoms with E-state index in [0.717, 1.165) is 0 Å². The van der Waals surface area contributed by atoms with Crippen LogP contribution in [0.1, 0.15) is 10.5 Å². The van der Waals surface area contributed by atoms with E-state index in [2.05, 4.69) is 6.92 Å². The fourth-order valence-electron chi connectivity index (χ4n) is 0.0668. The summed E-state index contributed by atoms with van der Waals surface area (Å²) in [5.41, 5.74) is 0. The van der Waals surface area contributed by atoms with Gasteiger partial charge in [-0.05, 0) is 19.2 Å². The minimum Gasteiger partial charge on any atom is -0.251 e. The molecule has 1 heteroatoms. The number of hydrogen-bond donors (Lipinski definition) is 0. The van der Waals surface area contributed by atoms with E-state index in [-0.39, 0.29) is 6.42 Å². The van der Waals surface area contributed by atoms with Gasteiger partial charge in [0.1, 0.15) is 0 Å². The van der Waals surface area contributed by atoms with Crippen LogP contribution in [0.25, 0.3) is 0 Å². The summed E-state index contributed by atoms with van der Waals surface area (Å²) in [6.45, 7) is 1.55. The van der Waals surface area contributed by atoms with Crippen molar-refractivity contribution in [3.8, 4) is 0 Å². The molecule has 0 nitrogen and oxygen atoms in total. The second-order valence-electron chi connectivity index (χ2n) is 0.987. The van der Waals surface area contributed by atoms with Gasteiger partial charge >= 0.3 is 0 Å². The lowest BCUT2D eigenvalue weighted by atomic mass is 10.1. The monoisotopic (exact) mass is 91.1 g/mol. The van der Waals surface area contributed by atoms with Crippen molar-refractivity contribution >= 4 is 0 Å². The van der Waals surface area contributed by atoms with Crippen LogP contribution in [0.4, 0.5) is 4.39 Å². The van der Waals surface area contributed by atoms with Gasteiger partial charge in [0.15, 0.2) is 0 Å². The summed E-state index contributed by atoms with van der Waals surface area (Å²) in [6.07, 6.45) is -0.0637. The first-order valence-electron chi connectivity index (χ1n) is 3.22. The van der Waals surface area contributed by atoms with Crippen molar-refractivity contribution in [3.63, 3.8) is 0 Å². The zero-order valence-electron chi connectivity index (χ0n) is 6.50. The highest BCUT2D eigenvalue weighted by molar-refractivity contribution is 4.58. The molecule has 0 amide bonds. The average molecular weight is 91.1 g/mol. The molecule has 0 saturated heterocycles. The summed E-state index contributed by atoms with van der Waals surface area (Å²) in [7, 11) is 0. The molecule has 0 heterocycles. The van der Waals surface area contributed by atoms with Crippen molar-refractivity contribution < 1.29 is 8.50 Å². The van der Waals surface area contributed by atoms with Crippen molar-refractivity contribution in [1.29, 1.82) is 0 Å². The minimum atomic E-state index is -1.69. The first kappa shape index (κ1) is 2.29. The zero-order valence-corrected chi connectivity index (χ0v) is 3.50. The molecule has 0 N–H and O–H groups in total. The van der Waals surface area contributed by atoms with E-state index in [1.165, 1.54) is 0 Å².